The van der Waals surface area contributed by atoms with Crippen molar-refractivity contribution in [1.29, 1.82) is 0 Å². The third-order valence-corrected chi connectivity index (χ3v) is 2.94. The molecule has 3 rings (SSSR count). The molecule has 0 bridgehead atoms. The van der Waals surface area contributed by atoms with E-state index < -0.39 is 10.8 Å². The Bertz CT molecular complexity index is 774. The minimum absolute atomic E-state index is 0.0440. The summed E-state index contributed by atoms with van der Waals surface area (Å²) in [6.45, 7) is 0. The summed E-state index contributed by atoms with van der Waals surface area (Å²) >= 11 is 0. The lowest BCUT2D eigenvalue weighted by atomic mass is 10.1. The predicted octanol–water partition coefficient (Wildman–Crippen LogP) is 2.81. The first-order valence-corrected chi connectivity index (χ1v) is 5.95. The predicted molar refractivity (Wildman–Crippen MR) is 71.3 cm³/mol. The van der Waals surface area contributed by atoms with E-state index in [9.17, 15) is 14.9 Å². The number of ketones is 1. The summed E-state index contributed by atoms with van der Waals surface area (Å²) < 4.78 is 15.5. The van der Waals surface area contributed by atoms with Gasteiger partial charge in [-0.25, -0.2) is 0 Å². The van der Waals surface area contributed by atoms with Gasteiger partial charge in [0, 0.05) is 12.1 Å². The van der Waals surface area contributed by atoms with Crippen molar-refractivity contribution in [2.45, 2.75) is 0 Å². The van der Waals surface area contributed by atoms with Crippen molar-refractivity contribution in [2.24, 2.45) is 0 Å². The molecule has 0 unspecified atom stereocenters. The van der Waals surface area contributed by atoms with Crippen LogP contribution in [0, 0.1) is 10.1 Å². The normalized spacial score (nSPS) is 14.9. The fraction of sp³-hybridized carbons (Fsp3) is 0.0714. The summed E-state index contributed by atoms with van der Waals surface area (Å²) in [7, 11) is 1.51. The quantitative estimate of drug-likeness (QED) is 0.489. The zero-order valence-electron chi connectivity index (χ0n) is 10.9. The van der Waals surface area contributed by atoms with Crippen molar-refractivity contribution >= 4 is 17.7 Å². The van der Waals surface area contributed by atoms with Crippen LogP contribution in [0.5, 0.6) is 11.5 Å². The average molecular weight is 287 g/mol. The molecular weight excluding hydrogens is 278 g/mol. The van der Waals surface area contributed by atoms with Gasteiger partial charge < -0.3 is 13.9 Å². The number of carbonyl (C=O) groups excluding carboxylic acids is 1. The zero-order chi connectivity index (χ0) is 15.0. The average Bonchev–Trinajstić information content (AvgIpc) is 3.05. The van der Waals surface area contributed by atoms with Crippen LogP contribution in [0.25, 0.3) is 6.08 Å². The molecule has 0 atom stereocenters. The highest BCUT2D eigenvalue weighted by molar-refractivity contribution is 6.14. The molecule has 2 aromatic rings. The van der Waals surface area contributed by atoms with Crippen LogP contribution in [0.2, 0.25) is 0 Å². The number of Topliss-reactive ketones (excluding diaryl/α,β-unsaturated/α-hetero) is 1. The summed E-state index contributed by atoms with van der Waals surface area (Å²) in [5.74, 6) is 0.452. The first kappa shape index (κ1) is 12.9. The molecule has 0 saturated heterocycles. The largest absolute Gasteiger partial charge is 0.497 e. The van der Waals surface area contributed by atoms with Gasteiger partial charge in [-0.05, 0) is 18.2 Å². The molecule has 106 valence electrons. The topological polar surface area (TPSA) is 91.8 Å². The van der Waals surface area contributed by atoms with Crippen molar-refractivity contribution in [3.05, 3.63) is 57.5 Å². The van der Waals surface area contributed by atoms with E-state index in [1.54, 1.807) is 18.2 Å². The second-order valence-corrected chi connectivity index (χ2v) is 4.23. The lowest BCUT2D eigenvalue weighted by Crippen LogP contribution is -1.97. The summed E-state index contributed by atoms with van der Waals surface area (Å²) in [6, 6.07) is 7.45. The molecule has 1 aromatic heterocycles. The van der Waals surface area contributed by atoms with Gasteiger partial charge in [0.1, 0.15) is 22.2 Å². The molecule has 21 heavy (non-hydrogen) atoms. The molecule has 0 N–H and O–H groups in total. The summed E-state index contributed by atoms with van der Waals surface area (Å²) in [5.41, 5.74) is 0.406. The molecule has 7 heteroatoms. The number of fused-ring (bicyclic) bond motifs is 1. The van der Waals surface area contributed by atoms with Gasteiger partial charge in [0.2, 0.25) is 5.78 Å². The molecule has 0 saturated carbocycles. The van der Waals surface area contributed by atoms with Gasteiger partial charge >= 0.3 is 5.88 Å². The van der Waals surface area contributed by atoms with Crippen LogP contribution in [-0.2, 0) is 0 Å². The number of nitrogens with zero attached hydrogens (tertiary/aromatic N) is 1. The minimum atomic E-state index is -0.654. The highest BCUT2D eigenvalue weighted by Crippen LogP contribution is 2.35. The highest BCUT2D eigenvalue weighted by Gasteiger charge is 2.28. The smallest absolute Gasteiger partial charge is 0.433 e. The molecule has 0 fully saturated rings. The standard InChI is InChI=1S/C14H9NO6/c1-19-8-2-4-10-11(6-8)21-12(14(10)16)7-9-3-5-13(20-9)15(17)18/h2-7H,1H3/b12-7-. The lowest BCUT2D eigenvalue weighted by molar-refractivity contribution is -0.402. The van der Waals surface area contributed by atoms with Gasteiger partial charge in [0.15, 0.2) is 5.76 Å². The number of hydrogen-bond acceptors (Lipinski definition) is 6. The van der Waals surface area contributed by atoms with E-state index in [0.717, 1.165) is 0 Å². The SMILES string of the molecule is COc1ccc2c(c1)O/C(=C\c1ccc([N+](=O)[O-])o1)C2=O. The number of benzene rings is 1. The molecule has 1 aliphatic rings. The fourth-order valence-corrected chi connectivity index (χ4v) is 1.94. The monoisotopic (exact) mass is 287 g/mol. The third kappa shape index (κ3) is 2.25. The number of hydrogen-bond donors (Lipinski definition) is 0. The van der Waals surface area contributed by atoms with E-state index in [4.69, 9.17) is 13.9 Å². The molecule has 1 aromatic carbocycles. The van der Waals surface area contributed by atoms with Gasteiger partial charge in [0.05, 0.1) is 18.7 Å². The van der Waals surface area contributed by atoms with Crippen LogP contribution in [0.15, 0.2) is 40.5 Å². The van der Waals surface area contributed by atoms with E-state index in [1.165, 1.54) is 25.3 Å². The molecule has 7 nitrogen and oxygen atoms in total. The van der Waals surface area contributed by atoms with Crippen molar-refractivity contribution in [2.75, 3.05) is 7.11 Å². The number of furan rings is 1. The lowest BCUT2D eigenvalue weighted by Gasteiger charge is -2.01. The van der Waals surface area contributed by atoms with Crippen molar-refractivity contribution in [3.63, 3.8) is 0 Å². The second-order valence-electron chi connectivity index (χ2n) is 4.23. The number of methoxy groups -OCH3 is 1. The summed E-state index contributed by atoms with van der Waals surface area (Å²) in [5, 5.41) is 10.5. The molecule has 0 spiro atoms. The van der Waals surface area contributed by atoms with Gasteiger partial charge in [-0.2, -0.15) is 0 Å². The Morgan fingerprint density at radius 2 is 2.10 bits per heavy atom. The van der Waals surface area contributed by atoms with Gasteiger partial charge in [-0.3, -0.25) is 14.9 Å². The molecular formula is C14H9NO6. The number of nitro groups is 1. The Hall–Kier alpha value is -3.09. The van der Waals surface area contributed by atoms with Crippen molar-refractivity contribution in [3.8, 4) is 11.5 Å². The second kappa shape index (κ2) is 4.78. The van der Waals surface area contributed by atoms with Gasteiger partial charge in [0.25, 0.3) is 0 Å². The van der Waals surface area contributed by atoms with E-state index in [2.05, 4.69) is 0 Å². The fourth-order valence-electron chi connectivity index (χ4n) is 1.94. The van der Waals surface area contributed by atoms with Crippen LogP contribution in [0.3, 0.4) is 0 Å². The molecule has 0 aliphatic carbocycles. The Kier molecular flexibility index (Phi) is 2.94. The number of carbonyl (C=O) groups is 1. The Labute approximate surface area is 118 Å². The summed E-state index contributed by atoms with van der Waals surface area (Å²) in [6.07, 6.45) is 1.32. The van der Waals surface area contributed by atoms with Gasteiger partial charge in [-0.1, -0.05) is 0 Å². The van der Waals surface area contributed by atoms with Crippen LogP contribution in [-0.4, -0.2) is 17.8 Å². The number of allylic oxidation sites excluding steroid dienone is 1. The van der Waals surface area contributed by atoms with Crippen LogP contribution in [0.4, 0.5) is 5.88 Å². The molecule has 0 radical (unpaired) electrons. The molecule has 2 heterocycles. The first-order chi connectivity index (χ1) is 10.1. The minimum Gasteiger partial charge on any atom is -0.497 e. The third-order valence-electron chi connectivity index (χ3n) is 2.94. The number of ether oxygens (including phenoxy) is 2. The maximum absolute atomic E-state index is 12.1. The van der Waals surface area contributed by atoms with Crippen molar-refractivity contribution in [1.82, 2.24) is 0 Å². The Morgan fingerprint density at radius 3 is 2.76 bits per heavy atom. The highest BCUT2D eigenvalue weighted by atomic mass is 16.6. The van der Waals surface area contributed by atoms with Gasteiger partial charge in [-0.15, -0.1) is 0 Å². The first-order valence-electron chi connectivity index (χ1n) is 5.95. The van der Waals surface area contributed by atoms with Crippen molar-refractivity contribution < 1.29 is 23.6 Å². The van der Waals surface area contributed by atoms with E-state index >= 15 is 0 Å². The Balaban J connectivity index is 1.92. The zero-order valence-corrected chi connectivity index (χ0v) is 10.9. The Morgan fingerprint density at radius 1 is 1.29 bits per heavy atom. The maximum atomic E-state index is 12.1. The van der Waals surface area contributed by atoms with Crippen LogP contribution in [0.1, 0.15) is 16.1 Å². The van der Waals surface area contributed by atoms with E-state index in [-0.39, 0.29) is 17.3 Å². The maximum Gasteiger partial charge on any atom is 0.433 e. The number of rotatable bonds is 3. The van der Waals surface area contributed by atoms with E-state index in [0.29, 0.717) is 17.1 Å². The van der Waals surface area contributed by atoms with E-state index in [1.807, 2.05) is 0 Å². The molecule has 1 aliphatic heterocycles. The molecule has 0 amide bonds. The van der Waals surface area contributed by atoms with Crippen LogP contribution < -0.4 is 9.47 Å². The van der Waals surface area contributed by atoms with Crippen LogP contribution >= 0.6 is 0 Å². The summed E-state index contributed by atoms with van der Waals surface area (Å²) in [4.78, 5) is 22.0.